The Kier molecular flexibility index (Phi) is 3.71. The molecule has 0 saturated carbocycles. The third-order valence-electron chi connectivity index (χ3n) is 1.06. The van der Waals surface area contributed by atoms with Crippen molar-refractivity contribution in [3.05, 3.63) is 12.7 Å². The van der Waals surface area contributed by atoms with Gasteiger partial charge in [-0.05, 0) is 6.08 Å². The Morgan fingerprint density at radius 2 is 2.44 bits per heavy atom. The van der Waals surface area contributed by atoms with E-state index in [1.165, 1.54) is 0 Å². The third-order valence-corrected chi connectivity index (χ3v) is 1.06. The van der Waals surface area contributed by atoms with Crippen molar-refractivity contribution in [2.75, 3.05) is 0 Å². The van der Waals surface area contributed by atoms with E-state index in [1.807, 2.05) is 0 Å². The molecular weight excluding hydrogens is 118 g/mol. The fourth-order valence-electron chi connectivity index (χ4n) is 0.427. The fraction of sp³-hybridized carbons (Fsp3) is 0.500. The van der Waals surface area contributed by atoms with E-state index in [0.29, 0.717) is 6.42 Å². The van der Waals surface area contributed by atoms with Crippen LogP contribution in [0.25, 0.3) is 0 Å². The predicted molar refractivity (Wildman–Crippen MR) is 33.7 cm³/mol. The molecule has 0 aliphatic heterocycles. The summed E-state index contributed by atoms with van der Waals surface area (Å²) in [6, 6.07) is 0.0705. The van der Waals surface area contributed by atoms with E-state index in [1.54, 1.807) is 6.08 Å². The van der Waals surface area contributed by atoms with E-state index in [-0.39, 0.29) is 12.5 Å². The van der Waals surface area contributed by atoms with Gasteiger partial charge in [0.1, 0.15) is 6.04 Å². The lowest BCUT2D eigenvalue weighted by molar-refractivity contribution is -0.404. The molecule has 0 bridgehead atoms. The van der Waals surface area contributed by atoms with Crippen LogP contribution in [-0.2, 0) is 4.79 Å². The number of hydrogen-bond acceptors (Lipinski definition) is 1. The van der Waals surface area contributed by atoms with Crippen LogP contribution in [0.15, 0.2) is 12.7 Å². The second kappa shape index (κ2) is 4.09. The van der Waals surface area contributed by atoms with Gasteiger partial charge in [0.05, 0.1) is 6.42 Å². The highest BCUT2D eigenvalue weighted by molar-refractivity contribution is 5.66. The first kappa shape index (κ1) is 8.17. The molecular formula is C6H12NO2+. The van der Waals surface area contributed by atoms with Gasteiger partial charge in [-0.1, -0.05) is 6.58 Å². The molecule has 4 N–H and O–H groups in total. The van der Waals surface area contributed by atoms with E-state index < -0.39 is 5.97 Å². The first-order valence-electron chi connectivity index (χ1n) is 2.84. The zero-order chi connectivity index (χ0) is 7.28. The van der Waals surface area contributed by atoms with Crippen molar-refractivity contribution >= 4 is 5.97 Å². The molecule has 0 radical (unpaired) electrons. The molecule has 0 amide bonds. The topological polar surface area (TPSA) is 64.9 Å². The van der Waals surface area contributed by atoms with Crippen LogP contribution in [0.1, 0.15) is 12.8 Å². The molecule has 3 heteroatoms. The highest BCUT2D eigenvalue weighted by atomic mass is 16.4. The number of carboxylic acids is 1. The zero-order valence-corrected chi connectivity index (χ0v) is 5.34. The molecule has 52 valence electrons. The van der Waals surface area contributed by atoms with Gasteiger partial charge in [-0.15, -0.1) is 0 Å². The number of rotatable bonds is 4. The smallest absolute Gasteiger partial charge is 0.303 e. The highest BCUT2D eigenvalue weighted by Crippen LogP contribution is 1.91. The van der Waals surface area contributed by atoms with Crippen molar-refractivity contribution < 1.29 is 15.6 Å². The minimum atomic E-state index is -0.773. The molecule has 3 nitrogen and oxygen atoms in total. The first-order valence-corrected chi connectivity index (χ1v) is 2.84. The van der Waals surface area contributed by atoms with E-state index in [2.05, 4.69) is 12.3 Å². The Bertz CT molecular complexity index is 112. The van der Waals surface area contributed by atoms with Gasteiger partial charge >= 0.3 is 5.97 Å². The summed E-state index contributed by atoms with van der Waals surface area (Å²) in [6.45, 7) is 3.48. The van der Waals surface area contributed by atoms with E-state index in [4.69, 9.17) is 5.11 Å². The monoisotopic (exact) mass is 130 g/mol. The van der Waals surface area contributed by atoms with E-state index in [9.17, 15) is 4.79 Å². The number of hydrogen-bond donors (Lipinski definition) is 2. The summed E-state index contributed by atoms with van der Waals surface area (Å²) >= 11 is 0. The highest BCUT2D eigenvalue weighted by Gasteiger charge is 2.02. The van der Waals surface area contributed by atoms with Crippen LogP contribution in [0, 0.1) is 0 Å². The molecule has 0 fully saturated rings. The van der Waals surface area contributed by atoms with E-state index in [0.717, 1.165) is 0 Å². The number of carbonyl (C=O) groups is 1. The van der Waals surface area contributed by atoms with Crippen molar-refractivity contribution in [2.45, 2.75) is 18.9 Å². The molecule has 1 atom stereocenters. The van der Waals surface area contributed by atoms with Crippen LogP contribution in [0.5, 0.6) is 0 Å². The first-order chi connectivity index (χ1) is 4.16. The Balaban J connectivity index is 3.26. The molecule has 0 aromatic rings. The van der Waals surface area contributed by atoms with Crippen LogP contribution < -0.4 is 5.73 Å². The Labute approximate surface area is 54.2 Å². The van der Waals surface area contributed by atoms with Gasteiger partial charge in [0.25, 0.3) is 0 Å². The molecule has 9 heavy (non-hydrogen) atoms. The predicted octanol–water partition coefficient (Wildman–Crippen LogP) is -0.352. The largest absolute Gasteiger partial charge is 0.481 e. The number of aliphatic carboxylic acids is 1. The van der Waals surface area contributed by atoms with Crippen LogP contribution in [0.3, 0.4) is 0 Å². The number of quaternary nitrogens is 1. The van der Waals surface area contributed by atoms with Crippen LogP contribution in [0.2, 0.25) is 0 Å². The molecule has 0 aromatic heterocycles. The molecule has 0 aliphatic carbocycles. The van der Waals surface area contributed by atoms with Gasteiger partial charge in [0.2, 0.25) is 0 Å². The molecule has 0 aromatic carbocycles. The zero-order valence-electron chi connectivity index (χ0n) is 5.34. The Morgan fingerprint density at radius 3 is 2.78 bits per heavy atom. The van der Waals surface area contributed by atoms with Crippen LogP contribution in [-0.4, -0.2) is 17.1 Å². The summed E-state index contributed by atoms with van der Waals surface area (Å²) in [5.41, 5.74) is 3.65. The average Bonchev–Trinajstić information content (AvgIpc) is 1.83. The minimum absolute atomic E-state index is 0.0705. The average molecular weight is 130 g/mol. The van der Waals surface area contributed by atoms with Gasteiger partial charge in [0, 0.05) is 6.42 Å². The standard InChI is InChI=1S/C6H11NO2/c1-2-5(7)3-4-6(8)9/h2,5H,1,3-4,7H2,(H,8,9)/p+1. The normalized spacial score (nSPS) is 12.6. The summed E-state index contributed by atoms with van der Waals surface area (Å²) in [4.78, 5) is 9.96. The van der Waals surface area contributed by atoms with Crippen molar-refractivity contribution in [2.24, 2.45) is 0 Å². The summed E-state index contributed by atoms with van der Waals surface area (Å²) in [7, 11) is 0. The summed E-state index contributed by atoms with van der Waals surface area (Å²) in [5.74, 6) is -0.773. The molecule has 0 rings (SSSR count). The van der Waals surface area contributed by atoms with Crippen molar-refractivity contribution in [3.63, 3.8) is 0 Å². The quantitative estimate of drug-likeness (QED) is 0.511. The van der Waals surface area contributed by atoms with Crippen LogP contribution >= 0.6 is 0 Å². The van der Waals surface area contributed by atoms with Gasteiger partial charge in [-0.3, -0.25) is 4.79 Å². The summed E-state index contributed by atoms with van der Waals surface area (Å²) < 4.78 is 0. The maximum absolute atomic E-state index is 9.96. The second-order valence-electron chi connectivity index (χ2n) is 1.93. The maximum Gasteiger partial charge on any atom is 0.303 e. The van der Waals surface area contributed by atoms with E-state index >= 15 is 0 Å². The van der Waals surface area contributed by atoms with Crippen molar-refractivity contribution in [1.29, 1.82) is 0 Å². The van der Waals surface area contributed by atoms with Crippen LogP contribution in [0.4, 0.5) is 0 Å². The lowest BCUT2D eigenvalue weighted by Gasteiger charge is -1.96. The summed E-state index contributed by atoms with van der Waals surface area (Å²) in [6.07, 6.45) is 2.42. The van der Waals surface area contributed by atoms with Crippen molar-refractivity contribution in [1.82, 2.24) is 0 Å². The molecule has 0 saturated heterocycles. The lowest BCUT2D eigenvalue weighted by Crippen LogP contribution is -2.59. The minimum Gasteiger partial charge on any atom is -0.481 e. The summed E-state index contributed by atoms with van der Waals surface area (Å²) in [5, 5.41) is 8.20. The second-order valence-corrected chi connectivity index (χ2v) is 1.93. The Hall–Kier alpha value is -0.830. The SMILES string of the molecule is C=CC([NH3+])CCC(=O)O. The molecule has 0 aliphatic rings. The molecule has 1 unspecified atom stereocenters. The third kappa shape index (κ3) is 5.03. The maximum atomic E-state index is 9.96. The lowest BCUT2D eigenvalue weighted by atomic mass is 10.2. The molecule has 0 heterocycles. The fourth-order valence-corrected chi connectivity index (χ4v) is 0.427. The van der Waals surface area contributed by atoms with Gasteiger partial charge in [-0.2, -0.15) is 0 Å². The van der Waals surface area contributed by atoms with Gasteiger partial charge < -0.3 is 10.8 Å². The number of carboxylic acid groups (broad SMARTS) is 1. The Morgan fingerprint density at radius 1 is 1.89 bits per heavy atom. The van der Waals surface area contributed by atoms with Crippen molar-refractivity contribution in [3.8, 4) is 0 Å². The van der Waals surface area contributed by atoms with Gasteiger partial charge in [0.15, 0.2) is 0 Å². The van der Waals surface area contributed by atoms with Gasteiger partial charge in [-0.25, -0.2) is 0 Å². The molecule has 0 spiro atoms.